The Morgan fingerprint density at radius 1 is 1.38 bits per heavy atom. The van der Waals surface area contributed by atoms with Gasteiger partial charge in [0.05, 0.1) is 28.6 Å². The number of aromatic carboxylic acids is 1. The highest BCUT2D eigenvalue weighted by Gasteiger charge is 2.21. The van der Waals surface area contributed by atoms with Gasteiger partial charge in [-0.25, -0.2) is 9.48 Å². The standard InChI is InChI=1S/C12H17ClN6O2/c1-3-18-9(10(13)7(2)16-18)6-19-8(4-5-14)11(12(20)21)15-17-19/h3-6,14H2,1-2H3,(H,20,21). The first-order valence-corrected chi connectivity index (χ1v) is 6.94. The topological polar surface area (TPSA) is 112 Å². The van der Waals surface area contributed by atoms with Gasteiger partial charge in [0.1, 0.15) is 0 Å². The molecule has 0 unspecified atom stereocenters. The van der Waals surface area contributed by atoms with Crippen LogP contribution in [0.2, 0.25) is 5.02 Å². The molecule has 114 valence electrons. The number of hydrogen-bond donors (Lipinski definition) is 2. The van der Waals surface area contributed by atoms with Crippen LogP contribution in [-0.4, -0.2) is 42.4 Å². The number of aryl methyl sites for hydroxylation is 2. The lowest BCUT2D eigenvalue weighted by molar-refractivity contribution is 0.0689. The largest absolute Gasteiger partial charge is 0.476 e. The molecule has 0 amide bonds. The number of rotatable bonds is 6. The van der Waals surface area contributed by atoms with Crippen LogP contribution < -0.4 is 5.73 Å². The van der Waals surface area contributed by atoms with E-state index < -0.39 is 5.97 Å². The summed E-state index contributed by atoms with van der Waals surface area (Å²) in [5.74, 6) is -1.11. The van der Waals surface area contributed by atoms with E-state index in [1.807, 2.05) is 13.8 Å². The molecule has 0 aliphatic carbocycles. The monoisotopic (exact) mass is 312 g/mol. The highest BCUT2D eigenvalue weighted by Crippen LogP contribution is 2.22. The second-order valence-electron chi connectivity index (χ2n) is 4.55. The van der Waals surface area contributed by atoms with Gasteiger partial charge in [0, 0.05) is 13.0 Å². The molecule has 2 aromatic heterocycles. The van der Waals surface area contributed by atoms with E-state index >= 15 is 0 Å². The van der Waals surface area contributed by atoms with Gasteiger partial charge in [0.15, 0.2) is 5.69 Å². The quantitative estimate of drug-likeness (QED) is 0.812. The second kappa shape index (κ2) is 6.23. The Bertz CT molecular complexity index is 663. The van der Waals surface area contributed by atoms with Crippen molar-refractivity contribution in [2.24, 2.45) is 5.73 Å². The molecule has 2 rings (SSSR count). The van der Waals surface area contributed by atoms with Crippen molar-refractivity contribution >= 4 is 17.6 Å². The predicted molar refractivity (Wildman–Crippen MR) is 76.5 cm³/mol. The number of halogens is 1. The maximum Gasteiger partial charge on any atom is 0.358 e. The van der Waals surface area contributed by atoms with E-state index in [1.54, 1.807) is 4.68 Å². The van der Waals surface area contributed by atoms with E-state index in [4.69, 9.17) is 22.4 Å². The first kappa shape index (κ1) is 15.5. The maximum atomic E-state index is 11.2. The number of aromatic nitrogens is 5. The summed E-state index contributed by atoms with van der Waals surface area (Å²) in [5, 5.41) is 21.6. The van der Waals surface area contributed by atoms with Gasteiger partial charge < -0.3 is 10.8 Å². The zero-order valence-electron chi connectivity index (χ0n) is 11.9. The lowest BCUT2D eigenvalue weighted by Gasteiger charge is -2.08. The minimum atomic E-state index is -1.11. The normalized spacial score (nSPS) is 11.0. The third kappa shape index (κ3) is 2.91. The first-order valence-electron chi connectivity index (χ1n) is 6.57. The Morgan fingerprint density at radius 2 is 2.10 bits per heavy atom. The van der Waals surface area contributed by atoms with Crippen molar-refractivity contribution in [2.45, 2.75) is 33.4 Å². The summed E-state index contributed by atoms with van der Waals surface area (Å²) < 4.78 is 3.29. The summed E-state index contributed by atoms with van der Waals surface area (Å²) in [6.45, 7) is 5.06. The number of nitrogens with two attached hydrogens (primary N) is 1. The number of nitrogens with zero attached hydrogens (tertiary/aromatic N) is 5. The minimum Gasteiger partial charge on any atom is -0.476 e. The van der Waals surface area contributed by atoms with Crippen molar-refractivity contribution in [1.82, 2.24) is 24.8 Å². The van der Waals surface area contributed by atoms with Crippen LogP contribution in [-0.2, 0) is 19.5 Å². The van der Waals surface area contributed by atoms with Crippen molar-refractivity contribution in [3.63, 3.8) is 0 Å². The van der Waals surface area contributed by atoms with Gasteiger partial charge in [-0.05, 0) is 20.4 Å². The molecular weight excluding hydrogens is 296 g/mol. The minimum absolute atomic E-state index is 0.0733. The molecule has 2 heterocycles. The molecule has 9 heteroatoms. The van der Waals surface area contributed by atoms with E-state index in [0.29, 0.717) is 36.8 Å². The van der Waals surface area contributed by atoms with Crippen LogP contribution in [0.25, 0.3) is 0 Å². The predicted octanol–water partition coefficient (Wildman–Crippen LogP) is 0.704. The van der Waals surface area contributed by atoms with Crippen LogP contribution in [0.3, 0.4) is 0 Å². The third-order valence-electron chi connectivity index (χ3n) is 3.17. The summed E-state index contributed by atoms with van der Waals surface area (Å²) in [6.07, 6.45) is 0.380. The fourth-order valence-electron chi connectivity index (χ4n) is 2.17. The van der Waals surface area contributed by atoms with Crippen molar-refractivity contribution in [3.8, 4) is 0 Å². The Balaban J connectivity index is 2.42. The molecule has 0 radical (unpaired) electrons. The van der Waals surface area contributed by atoms with Gasteiger partial charge in [-0.3, -0.25) is 4.68 Å². The van der Waals surface area contributed by atoms with Crippen molar-refractivity contribution < 1.29 is 9.90 Å². The fraction of sp³-hybridized carbons (Fsp3) is 0.500. The SMILES string of the molecule is CCn1nc(C)c(Cl)c1Cn1nnc(C(=O)O)c1CCN. The molecule has 2 aromatic rings. The molecule has 8 nitrogen and oxygen atoms in total. The molecule has 0 aromatic carbocycles. The second-order valence-corrected chi connectivity index (χ2v) is 4.93. The highest BCUT2D eigenvalue weighted by molar-refractivity contribution is 6.31. The maximum absolute atomic E-state index is 11.2. The highest BCUT2D eigenvalue weighted by atomic mass is 35.5. The summed E-state index contributed by atoms with van der Waals surface area (Å²) in [5.41, 5.74) is 7.45. The molecule has 0 saturated heterocycles. The van der Waals surface area contributed by atoms with Crippen LogP contribution in [0.1, 0.15) is 34.5 Å². The van der Waals surface area contributed by atoms with Crippen LogP contribution in [0, 0.1) is 6.92 Å². The Morgan fingerprint density at radius 3 is 2.67 bits per heavy atom. The van der Waals surface area contributed by atoms with E-state index in [1.165, 1.54) is 4.68 Å². The van der Waals surface area contributed by atoms with Crippen LogP contribution >= 0.6 is 11.6 Å². The molecule has 0 fully saturated rings. The molecular formula is C12H17ClN6O2. The summed E-state index contributed by atoms with van der Waals surface area (Å²) in [7, 11) is 0. The van der Waals surface area contributed by atoms with Gasteiger partial charge in [0.2, 0.25) is 0 Å². The number of carbonyl (C=O) groups is 1. The van der Waals surface area contributed by atoms with Crippen LogP contribution in [0.4, 0.5) is 0 Å². The first-order chi connectivity index (χ1) is 9.99. The molecule has 0 saturated carbocycles. The van der Waals surface area contributed by atoms with Crippen LogP contribution in [0.5, 0.6) is 0 Å². The van der Waals surface area contributed by atoms with Gasteiger partial charge >= 0.3 is 5.97 Å². The molecule has 0 spiro atoms. The zero-order chi connectivity index (χ0) is 15.6. The van der Waals surface area contributed by atoms with Gasteiger partial charge in [0.25, 0.3) is 0 Å². The van der Waals surface area contributed by atoms with Crippen molar-refractivity contribution in [3.05, 3.63) is 27.8 Å². The van der Waals surface area contributed by atoms with Crippen LogP contribution in [0.15, 0.2) is 0 Å². The molecule has 0 aliphatic heterocycles. The van der Waals surface area contributed by atoms with Gasteiger partial charge in [-0.1, -0.05) is 16.8 Å². The van der Waals surface area contributed by atoms with Crippen molar-refractivity contribution in [2.75, 3.05) is 6.54 Å². The summed E-state index contributed by atoms with van der Waals surface area (Å²) in [6, 6.07) is 0. The average molecular weight is 313 g/mol. The van der Waals surface area contributed by atoms with Crippen molar-refractivity contribution in [1.29, 1.82) is 0 Å². The Labute approximate surface area is 126 Å². The number of hydrogen-bond acceptors (Lipinski definition) is 5. The number of carboxylic acid groups (broad SMARTS) is 1. The lowest BCUT2D eigenvalue weighted by atomic mass is 10.2. The number of carboxylic acids is 1. The smallest absolute Gasteiger partial charge is 0.358 e. The molecule has 21 heavy (non-hydrogen) atoms. The van der Waals surface area contributed by atoms with Gasteiger partial charge in [-0.15, -0.1) is 5.10 Å². The van der Waals surface area contributed by atoms with E-state index in [9.17, 15) is 4.79 Å². The van der Waals surface area contributed by atoms with E-state index in [2.05, 4.69) is 15.4 Å². The zero-order valence-corrected chi connectivity index (χ0v) is 12.6. The average Bonchev–Trinajstić information content (AvgIpc) is 2.96. The Hall–Kier alpha value is -1.93. The van der Waals surface area contributed by atoms with Gasteiger partial charge in [-0.2, -0.15) is 5.10 Å². The lowest BCUT2D eigenvalue weighted by Crippen LogP contribution is -2.16. The summed E-state index contributed by atoms with van der Waals surface area (Å²) in [4.78, 5) is 11.2. The molecule has 3 N–H and O–H groups in total. The fourth-order valence-corrected chi connectivity index (χ4v) is 2.37. The van der Waals surface area contributed by atoms with E-state index in [-0.39, 0.29) is 5.69 Å². The molecule has 0 bridgehead atoms. The summed E-state index contributed by atoms with van der Waals surface area (Å²) >= 11 is 6.26. The molecule has 0 aliphatic rings. The molecule has 0 atom stereocenters. The van der Waals surface area contributed by atoms with E-state index in [0.717, 1.165) is 11.4 Å². The Kier molecular flexibility index (Phi) is 4.59. The third-order valence-corrected chi connectivity index (χ3v) is 3.67.